The van der Waals surface area contributed by atoms with Crippen molar-refractivity contribution in [3.63, 3.8) is 0 Å². The van der Waals surface area contributed by atoms with E-state index in [0.717, 1.165) is 25.7 Å². The van der Waals surface area contributed by atoms with Gasteiger partial charge < -0.3 is 5.73 Å². The van der Waals surface area contributed by atoms with Crippen molar-refractivity contribution in [2.24, 2.45) is 5.73 Å². The Hall–Kier alpha value is -1.43. The molecule has 0 aromatic heterocycles. The smallest absolute Gasteiger partial charge is 0.200 e. The number of rotatable bonds is 2. The molecule has 1 atom stereocenters. The molecule has 1 aliphatic carbocycles. The average Bonchev–Trinajstić information content (AvgIpc) is 2.43. The standard InChI is InChI=1S/C15H16F5N/c16-10-9(11(17)13(19)14(20)12(10)18)15(21)8-6-4-2-1-3-5-7-8/h6,15H,1-5,7,21H2. The molecule has 0 amide bonds. The lowest BCUT2D eigenvalue weighted by Gasteiger charge is -2.20. The average molecular weight is 305 g/mol. The lowest BCUT2D eigenvalue weighted by atomic mass is 9.91. The second kappa shape index (κ2) is 6.56. The second-order valence-electron chi connectivity index (χ2n) is 5.19. The first-order chi connectivity index (χ1) is 9.95. The largest absolute Gasteiger partial charge is 0.320 e. The highest BCUT2D eigenvalue weighted by Gasteiger charge is 2.30. The summed E-state index contributed by atoms with van der Waals surface area (Å²) in [6.07, 6.45) is 6.67. The molecule has 0 fully saturated rings. The topological polar surface area (TPSA) is 26.0 Å². The van der Waals surface area contributed by atoms with Crippen molar-refractivity contribution in [3.05, 3.63) is 46.3 Å². The van der Waals surface area contributed by atoms with E-state index < -0.39 is 40.7 Å². The summed E-state index contributed by atoms with van der Waals surface area (Å²) in [5.74, 6) is -9.76. The highest BCUT2D eigenvalue weighted by Crippen LogP contribution is 2.33. The van der Waals surface area contributed by atoms with Crippen molar-refractivity contribution in [3.8, 4) is 0 Å². The first kappa shape index (κ1) is 15.9. The molecule has 0 saturated carbocycles. The molecule has 0 bridgehead atoms. The SMILES string of the molecule is NC(C1=CCCCCCC1)c1c(F)c(F)c(F)c(F)c1F. The van der Waals surface area contributed by atoms with E-state index in [-0.39, 0.29) is 0 Å². The normalized spacial score (nSPS) is 17.9. The second-order valence-corrected chi connectivity index (χ2v) is 5.19. The summed E-state index contributed by atoms with van der Waals surface area (Å²) in [5, 5.41) is 0. The van der Waals surface area contributed by atoms with Gasteiger partial charge in [-0.15, -0.1) is 0 Å². The fourth-order valence-electron chi connectivity index (χ4n) is 2.58. The number of nitrogens with two attached hydrogens (primary N) is 1. The fraction of sp³-hybridized carbons (Fsp3) is 0.467. The predicted octanol–water partition coefficient (Wildman–Crippen LogP) is 4.66. The highest BCUT2D eigenvalue weighted by molar-refractivity contribution is 5.32. The molecule has 0 saturated heterocycles. The quantitative estimate of drug-likeness (QED) is 0.365. The summed E-state index contributed by atoms with van der Waals surface area (Å²) >= 11 is 0. The van der Waals surface area contributed by atoms with Crippen LogP contribution >= 0.6 is 0 Å². The number of benzene rings is 1. The van der Waals surface area contributed by atoms with Crippen molar-refractivity contribution in [1.82, 2.24) is 0 Å². The van der Waals surface area contributed by atoms with E-state index in [9.17, 15) is 22.0 Å². The molecular weight excluding hydrogens is 289 g/mol. The molecule has 1 aromatic carbocycles. The fourth-order valence-corrected chi connectivity index (χ4v) is 2.58. The predicted molar refractivity (Wildman–Crippen MR) is 68.9 cm³/mol. The van der Waals surface area contributed by atoms with Crippen LogP contribution in [-0.2, 0) is 0 Å². The number of allylic oxidation sites excluding steroid dienone is 1. The molecule has 0 spiro atoms. The van der Waals surface area contributed by atoms with E-state index in [1.807, 2.05) is 0 Å². The van der Waals surface area contributed by atoms with Gasteiger partial charge in [0.25, 0.3) is 0 Å². The van der Waals surface area contributed by atoms with Gasteiger partial charge in [0, 0.05) is 0 Å². The van der Waals surface area contributed by atoms with E-state index >= 15 is 0 Å². The maximum Gasteiger partial charge on any atom is 0.200 e. The zero-order chi connectivity index (χ0) is 15.6. The van der Waals surface area contributed by atoms with Gasteiger partial charge in [0.05, 0.1) is 11.6 Å². The monoisotopic (exact) mass is 305 g/mol. The Bertz CT molecular complexity index is 539. The van der Waals surface area contributed by atoms with Gasteiger partial charge in [-0.05, 0) is 25.7 Å². The molecular formula is C15H16F5N. The molecule has 1 nitrogen and oxygen atoms in total. The Balaban J connectivity index is 2.45. The summed E-state index contributed by atoms with van der Waals surface area (Å²) in [5.41, 5.74) is 5.36. The Morgan fingerprint density at radius 3 is 1.90 bits per heavy atom. The maximum atomic E-state index is 13.8. The van der Waals surface area contributed by atoms with Gasteiger partial charge in [-0.25, -0.2) is 22.0 Å². The third-order valence-corrected chi connectivity index (χ3v) is 3.78. The molecule has 0 radical (unpaired) electrons. The summed E-state index contributed by atoms with van der Waals surface area (Å²) < 4.78 is 67.0. The van der Waals surface area contributed by atoms with Gasteiger partial charge in [0.15, 0.2) is 23.3 Å². The number of hydrogen-bond acceptors (Lipinski definition) is 1. The van der Waals surface area contributed by atoms with Gasteiger partial charge >= 0.3 is 0 Å². The van der Waals surface area contributed by atoms with E-state index in [4.69, 9.17) is 5.73 Å². The summed E-state index contributed by atoms with van der Waals surface area (Å²) in [6, 6.07) is -1.31. The van der Waals surface area contributed by atoms with Crippen molar-refractivity contribution in [2.45, 2.75) is 44.6 Å². The Morgan fingerprint density at radius 1 is 0.762 bits per heavy atom. The van der Waals surface area contributed by atoms with Crippen LogP contribution in [0.25, 0.3) is 0 Å². The zero-order valence-corrected chi connectivity index (χ0v) is 11.4. The highest BCUT2D eigenvalue weighted by atomic mass is 19.2. The van der Waals surface area contributed by atoms with Crippen molar-refractivity contribution < 1.29 is 22.0 Å². The van der Waals surface area contributed by atoms with E-state index in [2.05, 4.69) is 0 Å². The zero-order valence-electron chi connectivity index (χ0n) is 11.4. The van der Waals surface area contributed by atoms with Crippen LogP contribution in [0.5, 0.6) is 0 Å². The van der Waals surface area contributed by atoms with Crippen LogP contribution in [0.15, 0.2) is 11.6 Å². The molecule has 21 heavy (non-hydrogen) atoms. The Labute approximate surface area is 119 Å². The van der Waals surface area contributed by atoms with Gasteiger partial charge in [-0.1, -0.05) is 24.5 Å². The van der Waals surface area contributed by atoms with Crippen molar-refractivity contribution in [1.29, 1.82) is 0 Å². The number of hydrogen-bond donors (Lipinski definition) is 1. The Morgan fingerprint density at radius 2 is 1.29 bits per heavy atom. The Kier molecular flexibility index (Phi) is 4.98. The summed E-state index contributed by atoms with van der Waals surface area (Å²) in [7, 11) is 0. The summed E-state index contributed by atoms with van der Waals surface area (Å²) in [6.45, 7) is 0. The minimum absolute atomic E-state index is 0.501. The van der Waals surface area contributed by atoms with Crippen LogP contribution in [0.1, 0.15) is 50.1 Å². The minimum atomic E-state index is -2.16. The molecule has 1 aromatic rings. The third-order valence-electron chi connectivity index (χ3n) is 3.78. The molecule has 2 N–H and O–H groups in total. The molecule has 6 heteroatoms. The van der Waals surface area contributed by atoms with Crippen LogP contribution in [0.4, 0.5) is 22.0 Å². The van der Waals surface area contributed by atoms with E-state index in [1.54, 1.807) is 6.08 Å². The maximum absolute atomic E-state index is 13.8. The lowest BCUT2D eigenvalue weighted by Crippen LogP contribution is -2.20. The molecule has 0 aliphatic heterocycles. The molecule has 1 unspecified atom stereocenters. The molecule has 1 aliphatic rings. The van der Waals surface area contributed by atoms with E-state index in [1.165, 1.54) is 0 Å². The first-order valence-electron chi connectivity index (χ1n) is 6.91. The van der Waals surface area contributed by atoms with Gasteiger partial charge in [0.1, 0.15) is 0 Å². The van der Waals surface area contributed by atoms with Crippen molar-refractivity contribution >= 4 is 0 Å². The van der Waals surface area contributed by atoms with Crippen LogP contribution in [0.3, 0.4) is 0 Å². The summed E-state index contributed by atoms with van der Waals surface area (Å²) in [4.78, 5) is 0. The van der Waals surface area contributed by atoms with Crippen LogP contribution in [0.2, 0.25) is 0 Å². The molecule has 116 valence electrons. The van der Waals surface area contributed by atoms with Gasteiger partial charge in [0.2, 0.25) is 5.82 Å². The minimum Gasteiger partial charge on any atom is -0.320 e. The van der Waals surface area contributed by atoms with Gasteiger partial charge in [-0.2, -0.15) is 0 Å². The molecule has 0 heterocycles. The lowest BCUT2D eigenvalue weighted by molar-refractivity contribution is 0.366. The van der Waals surface area contributed by atoms with Gasteiger partial charge in [-0.3, -0.25) is 0 Å². The van der Waals surface area contributed by atoms with Crippen molar-refractivity contribution in [2.75, 3.05) is 0 Å². The first-order valence-corrected chi connectivity index (χ1v) is 6.91. The van der Waals surface area contributed by atoms with Crippen LogP contribution < -0.4 is 5.73 Å². The van der Waals surface area contributed by atoms with E-state index in [0.29, 0.717) is 18.4 Å². The number of halogens is 5. The third kappa shape index (κ3) is 3.10. The molecule has 2 rings (SSSR count). The van der Waals surface area contributed by atoms with Crippen LogP contribution in [-0.4, -0.2) is 0 Å². The van der Waals surface area contributed by atoms with Crippen LogP contribution in [0, 0.1) is 29.1 Å².